The second-order valence-electron chi connectivity index (χ2n) is 8.58. The van der Waals surface area contributed by atoms with Gasteiger partial charge < -0.3 is 9.88 Å². The van der Waals surface area contributed by atoms with Gasteiger partial charge in [0.2, 0.25) is 5.91 Å². The van der Waals surface area contributed by atoms with Crippen LogP contribution in [0.3, 0.4) is 0 Å². The van der Waals surface area contributed by atoms with Crippen LogP contribution in [0.2, 0.25) is 0 Å². The first-order valence-electron chi connectivity index (χ1n) is 11.4. The summed E-state index contributed by atoms with van der Waals surface area (Å²) in [6.07, 6.45) is 3.17. The van der Waals surface area contributed by atoms with Gasteiger partial charge in [-0.2, -0.15) is 0 Å². The lowest BCUT2D eigenvalue weighted by atomic mass is 10.1. The average molecular weight is 557 g/mol. The molecule has 0 atom stereocenters. The monoisotopic (exact) mass is 556 g/mol. The van der Waals surface area contributed by atoms with Crippen LogP contribution in [-0.4, -0.2) is 28.3 Å². The van der Waals surface area contributed by atoms with E-state index in [1.54, 1.807) is 35.0 Å². The Kier molecular flexibility index (Phi) is 6.45. The molecule has 1 aromatic heterocycles. The first-order valence-corrected chi connectivity index (χ1v) is 12.2. The van der Waals surface area contributed by atoms with Crippen LogP contribution in [0.5, 0.6) is 0 Å². The van der Waals surface area contributed by atoms with Gasteiger partial charge in [0.15, 0.2) is 0 Å². The maximum atomic E-state index is 13.3. The second-order valence-corrected chi connectivity index (χ2v) is 9.50. The highest BCUT2D eigenvalue weighted by molar-refractivity contribution is 9.10. The van der Waals surface area contributed by atoms with Crippen LogP contribution < -0.4 is 15.5 Å². The molecule has 1 aliphatic heterocycles. The van der Waals surface area contributed by atoms with Crippen molar-refractivity contribution in [3.8, 4) is 0 Å². The van der Waals surface area contributed by atoms with Crippen molar-refractivity contribution < 1.29 is 19.2 Å². The van der Waals surface area contributed by atoms with Crippen molar-refractivity contribution in [2.45, 2.75) is 13.5 Å². The summed E-state index contributed by atoms with van der Waals surface area (Å²) in [7, 11) is 0. The molecule has 1 aliphatic rings. The topological polar surface area (TPSA) is 101 Å². The van der Waals surface area contributed by atoms with E-state index in [9.17, 15) is 19.2 Å². The lowest BCUT2D eigenvalue weighted by Gasteiger charge is -2.26. The summed E-state index contributed by atoms with van der Waals surface area (Å²) in [6.45, 7) is 1.98. The minimum atomic E-state index is -0.815. The number of imide groups is 2. The summed E-state index contributed by atoms with van der Waals surface area (Å²) in [5.41, 5.74) is 3.21. The fourth-order valence-electron chi connectivity index (χ4n) is 4.24. The highest BCUT2D eigenvalue weighted by Gasteiger charge is 2.37. The normalized spacial score (nSPS) is 14.8. The van der Waals surface area contributed by atoms with Gasteiger partial charge in [-0.15, -0.1) is 0 Å². The van der Waals surface area contributed by atoms with Crippen LogP contribution in [0.1, 0.15) is 11.1 Å². The van der Waals surface area contributed by atoms with Crippen LogP contribution in [0.25, 0.3) is 17.0 Å². The van der Waals surface area contributed by atoms with Gasteiger partial charge in [-0.05, 0) is 61.0 Å². The van der Waals surface area contributed by atoms with Gasteiger partial charge >= 0.3 is 6.03 Å². The zero-order chi connectivity index (χ0) is 26.1. The number of anilines is 2. The number of nitrogens with one attached hydrogen (secondary N) is 2. The molecule has 0 saturated carbocycles. The van der Waals surface area contributed by atoms with Crippen molar-refractivity contribution >= 4 is 68.0 Å². The van der Waals surface area contributed by atoms with Crippen molar-refractivity contribution in [3.63, 3.8) is 0 Å². The molecule has 0 spiro atoms. The molecule has 4 aromatic rings. The maximum absolute atomic E-state index is 13.3. The molecule has 0 bridgehead atoms. The van der Waals surface area contributed by atoms with E-state index in [1.807, 2.05) is 55.5 Å². The summed E-state index contributed by atoms with van der Waals surface area (Å²) in [5.74, 6) is -1.73. The second kappa shape index (κ2) is 9.87. The predicted molar refractivity (Wildman–Crippen MR) is 145 cm³/mol. The van der Waals surface area contributed by atoms with Crippen LogP contribution in [0, 0.1) is 6.92 Å². The molecule has 5 rings (SSSR count). The minimum Gasteiger partial charge on any atom is -0.337 e. The Bertz CT molecular complexity index is 1600. The molecular formula is C28H21BrN4O4. The molecule has 0 radical (unpaired) electrons. The molecule has 184 valence electrons. The van der Waals surface area contributed by atoms with Crippen molar-refractivity contribution in [1.82, 2.24) is 9.88 Å². The number of benzene rings is 3. The number of carbonyl (C=O) groups is 4. The van der Waals surface area contributed by atoms with Crippen molar-refractivity contribution in [2.75, 3.05) is 10.2 Å². The number of urea groups is 1. The summed E-state index contributed by atoms with van der Waals surface area (Å²) >= 11 is 3.33. The molecule has 1 fully saturated rings. The quantitative estimate of drug-likeness (QED) is 0.266. The van der Waals surface area contributed by atoms with Gasteiger partial charge in [0, 0.05) is 32.8 Å². The standard InChI is InChI=1S/C28H21BrN4O4/c1-17-5-4-6-20(13-17)30-25(34)16-32-15-18(22-7-2-3-8-24(22)32)14-23-26(35)31-28(37)33(27(23)36)21-11-9-19(29)10-12-21/h2-15H,16H2,1H3,(H,30,34)(H,31,35,37)/b23-14+. The zero-order valence-electron chi connectivity index (χ0n) is 19.7. The van der Waals surface area contributed by atoms with Crippen LogP contribution in [-0.2, 0) is 20.9 Å². The first kappa shape index (κ1) is 24.2. The molecule has 0 aliphatic carbocycles. The molecular weight excluding hydrogens is 536 g/mol. The number of amides is 5. The van der Waals surface area contributed by atoms with E-state index in [-0.39, 0.29) is 18.0 Å². The number of nitrogens with zero attached hydrogens (tertiary/aromatic N) is 2. The molecule has 5 amide bonds. The van der Waals surface area contributed by atoms with Gasteiger partial charge in [-0.1, -0.05) is 46.3 Å². The highest BCUT2D eigenvalue weighted by Crippen LogP contribution is 2.27. The number of halogens is 1. The maximum Gasteiger partial charge on any atom is 0.335 e. The molecule has 1 saturated heterocycles. The molecule has 9 heteroatoms. The molecule has 3 aromatic carbocycles. The lowest BCUT2D eigenvalue weighted by molar-refractivity contribution is -0.122. The largest absolute Gasteiger partial charge is 0.337 e. The Morgan fingerprint density at radius 3 is 2.51 bits per heavy atom. The minimum absolute atomic E-state index is 0.0290. The van der Waals surface area contributed by atoms with E-state index >= 15 is 0 Å². The SMILES string of the molecule is Cc1cccc(NC(=O)Cn2cc(/C=C3\C(=O)NC(=O)N(c4ccc(Br)cc4)C3=O)c3ccccc32)c1. The Morgan fingerprint density at radius 2 is 1.76 bits per heavy atom. The molecule has 2 heterocycles. The van der Waals surface area contributed by atoms with Crippen LogP contribution in [0.15, 0.2) is 89.0 Å². The Balaban J connectivity index is 1.48. The average Bonchev–Trinajstić information content (AvgIpc) is 3.20. The van der Waals surface area contributed by atoms with Crippen molar-refractivity contribution in [3.05, 3.63) is 100 Å². The smallest absolute Gasteiger partial charge is 0.335 e. The first-order chi connectivity index (χ1) is 17.8. The van der Waals surface area contributed by atoms with Gasteiger partial charge in [0.25, 0.3) is 11.8 Å². The van der Waals surface area contributed by atoms with E-state index < -0.39 is 17.8 Å². The fourth-order valence-corrected chi connectivity index (χ4v) is 4.50. The van der Waals surface area contributed by atoms with Gasteiger partial charge in [-0.3, -0.25) is 19.7 Å². The summed E-state index contributed by atoms with van der Waals surface area (Å²) in [5, 5.41) is 5.89. The summed E-state index contributed by atoms with van der Waals surface area (Å²) in [4.78, 5) is 52.2. The van der Waals surface area contributed by atoms with E-state index in [4.69, 9.17) is 0 Å². The zero-order valence-corrected chi connectivity index (χ0v) is 21.3. The third-order valence-corrected chi connectivity index (χ3v) is 6.45. The Labute approximate surface area is 220 Å². The third kappa shape index (κ3) is 4.94. The molecule has 2 N–H and O–H groups in total. The number of fused-ring (bicyclic) bond motifs is 1. The van der Waals surface area contributed by atoms with E-state index in [0.717, 1.165) is 25.8 Å². The number of aryl methyl sites for hydroxylation is 1. The predicted octanol–water partition coefficient (Wildman–Crippen LogP) is 5.02. The van der Waals surface area contributed by atoms with Gasteiger partial charge in [0.05, 0.1) is 5.69 Å². The van der Waals surface area contributed by atoms with Gasteiger partial charge in [-0.25, -0.2) is 9.69 Å². The molecule has 37 heavy (non-hydrogen) atoms. The number of rotatable bonds is 5. The number of barbiturate groups is 1. The Hall–Kier alpha value is -4.50. The van der Waals surface area contributed by atoms with Crippen molar-refractivity contribution in [1.29, 1.82) is 0 Å². The van der Waals surface area contributed by atoms with E-state index in [1.165, 1.54) is 6.08 Å². The number of hydrogen-bond donors (Lipinski definition) is 2. The summed E-state index contributed by atoms with van der Waals surface area (Å²) in [6, 6.07) is 20.7. The van der Waals surface area contributed by atoms with Gasteiger partial charge in [0.1, 0.15) is 12.1 Å². The Morgan fingerprint density at radius 1 is 1.00 bits per heavy atom. The molecule has 8 nitrogen and oxygen atoms in total. The van der Waals surface area contributed by atoms with E-state index in [0.29, 0.717) is 16.9 Å². The summed E-state index contributed by atoms with van der Waals surface area (Å²) < 4.78 is 2.54. The van der Waals surface area contributed by atoms with E-state index in [2.05, 4.69) is 26.6 Å². The number of aromatic nitrogens is 1. The third-order valence-electron chi connectivity index (χ3n) is 5.92. The van der Waals surface area contributed by atoms with Crippen LogP contribution >= 0.6 is 15.9 Å². The number of para-hydroxylation sites is 1. The molecule has 0 unspecified atom stereocenters. The van der Waals surface area contributed by atoms with Crippen LogP contribution in [0.4, 0.5) is 16.2 Å². The number of hydrogen-bond acceptors (Lipinski definition) is 4. The van der Waals surface area contributed by atoms with Crippen molar-refractivity contribution in [2.24, 2.45) is 0 Å². The number of carbonyl (C=O) groups excluding carboxylic acids is 4. The fraction of sp³-hybridized carbons (Fsp3) is 0.0714. The highest BCUT2D eigenvalue weighted by atomic mass is 79.9. The lowest BCUT2D eigenvalue weighted by Crippen LogP contribution is -2.54.